The van der Waals surface area contributed by atoms with Gasteiger partial charge in [0.15, 0.2) is 0 Å². The van der Waals surface area contributed by atoms with Gasteiger partial charge in [0.25, 0.3) is 0 Å². The van der Waals surface area contributed by atoms with Gasteiger partial charge in [0, 0.05) is 12.5 Å². The van der Waals surface area contributed by atoms with Gasteiger partial charge in [-0.25, -0.2) is 9.59 Å². The molecule has 7 heteroatoms. The zero-order chi connectivity index (χ0) is 24.0. The van der Waals surface area contributed by atoms with Crippen LogP contribution in [0.5, 0.6) is 0 Å². The van der Waals surface area contributed by atoms with Gasteiger partial charge in [0.1, 0.15) is 24.3 Å². The number of amides is 2. The van der Waals surface area contributed by atoms with E-state index in [2.05, 4.69) is 5.32 Å². The second kappa shape index (κ2) is 10.5. The van der Waals surface area contributed by atoms with E-state index >= 15 is 0 Å². The second-order valence-electron chi connectivity index (χ2n) is 9.32. The minimum absolute atomic E-state index is 0.00481. The number of likely N-dealkylation sites (tertiary alicyclic amines) is 1. The van der Waals surface area contributed by atoms with Crippen molar-refractivity contribution in [3.8, 4) is 0 Å². The third kappa shape index (κ3) is 6.81. The molecule has 2 aromatic rings. The highest BCUT2D eigenvalue weighted by Gasteiger charge is 2.42. The normalized spacial score (nSPS) is 19.0. The van der Waals surface area contributed by atoms with E-state index in [1.165, 1.54) is 4.90 Å². The third-order valence-corrected chi connectivity index (χ3v) is 5.44. The maximum Gasteiger partial charge on any atom is 0.410 e. The van der Waals surface area contributed by atoms with Crippen LogP contribution in [0.4, 0.5) is 4.79 Å². The van der Waals surface area contributed by atoms with Crippen LogP contribution < -0.4 is 5.32 Å². The summed E-state index contributed by atoms with van der Waals surface area (Å²) >= 11 is 0. The molecule has 0 radical (unpaired) electrons. The van der Waals surface area contributed by atoms with E-state index in [0.29, 0.717) is 13.0 Å². The maximum atomic E-state index is 13.1. The molecule has 0 aromatic heterocycles. The van der Waals surface area contributed by atoms with Crippen LogP contribution in [0.1, 0.15) is 51.2 Å². The van der Waals surface area contributed by atoms with Gasteiger partial charge in [-0.05, 0) is 45.2 Å². The zero-order valence-corrected chi connectivity index (χ0v) is 19.6. The van der Waals surface area contributed by atoms with Gasteiger partial charge in [-0.15, -0.1) is 0 Å². The summed E-state index contributed by atoms with van der Waals surface area (Å²) in [5.74, 6) is -0.938. The number of carbonyl (C=O) groups excluding carboxylic acids is 3. The van der Waals surface area contributed by atoms with Gasteiger partial charge in [-0.2, -0.15) is 0 Å². The lowest BCUT2D eigenvalue weighted by Crippen LogP contribution is -2.51. The quantitative estimate of drug-likeness (QED) is 0.669. The van der Waals surface area contributed by atoms with Crippen LogP contribution in [-0.4, -0.2) is 47.1 Å². The molecule has 33 heavy (non-hydrogen) atoms. The first-order chi connectivity index (χ1) is 15.6. The third-order valence-electron chi connectivity index (χ3n) is 5.44. The largest absolute Gasteiger partial charge is 0.459 e. The van der Waals surface area contributed by atoms with Crippen molar-refractivity contribution in [2.45, 2.75) is 64.3 Å². The summed E-state index contributed by atoms with van der Waals surface area (Å²) in [4.78, 5) is 39.9. The molecule has 0 bridgehead atoms. The van der Waals surface area contributed by atoms with E-state index in [1.807, 2.05) is 60.7 Å². The van der Waals surface area contributed by atoms with Crippen molar-refractivity contribution in [2.24, 2.45) is 0 Å². The highest BCUT2D eigenvalue weighted by molar-refractivity contribution is 5.90. The van der Waals surface area contributed by atoms with Gasteiger partial charge in [0.2, 0.25) is 5.91 Å². The number of esters is 1. The lowest BCUT2D eigenvalue weighted by atomic mass is 9.96. The lowest BCUT2D eigenvalue weighted by molar-refractivity contribution is -0.149. The Hall–Kier alpha value is -3.35. The average molecular weight is 453 g/mol. The van der Waals surface area contributed by atoms with Crippen molar-refractivity contribution in [2.75, 3.05) is 6.54 Å². The summed E-state index contributed by atoms with van der Waals surface area (Å²) in [6.07, 6.45) is -0.0960. The summed E-state index contributed by atoms with van der Waals surface area (Å²) in [6.45, 7) is 7.43. The highest BCUT2D eigenvalue weighted by Crippen LogP contribution is 2.33. The molecule has 7 nitrogen and oxygen atoms in total. The Kier molecular flexibility index (Phi) is 7.74. The van der Waals surface area contributed by atoms with Crippen molar-refractivity contribution in [1.82, 2.24) is 10.2 Å². The molecule has 1 N–H and O–H groups in total. The Balaban J connectivity index is 1.66. The van der Waals surface area contributed by atoms with Crippen molar-refractivity contribution < 1.29 is 23.9 Å². The molecule has 2 aromatic carbocycles. The molecule has 1 aliphatic rings. The minimum Gasteiger partial charge on any atom is -0.459 e. The molecule has 3 atom stereocenters. The number of hydrogen-bond donors (Lipinski definition) is 1. The Morgan fingerprint density at radius 1 is 1.03 bits per heavy atom. The Morgan fingerprint density at radius 3 is 2.24 bits per heavy atom. The molecule has 176 valence electrons. The number of rotatable bonds is 6. The summed E-state index contributed by atoms with van der Waals surface area (Å²) < 4.78 is 10.9. The first-order valence-corrected chi connectivity index (χ1v) is 11.2. The van der Waals surface area contributed by atoms with Gasteiger partial charge in [-0.1, -0.05) is 60.7 Å². The van der Waals surface area contributed by atoms with Crippen LogP contribution in [0.3, 0.4) is 0 Å². The molecule has 1 aliphatic heterocycles. The van der Waals surface area contributed by atoms with E-state index in [4.69, 9.17) is 9.47 Å². The number of nitrogens with zero attached hydrogens (tertiary/aromatic N) is 1. The van der Waals surface area contributed by atoms with Crippen LogP contribution in [-0.2, 0) is 25.7 Å². The summed E-state index contributed by atoms with van der Waals surface area (Å²) in [6, 6.07) is 17.5. The monoisotopic (exact) mass is 452 g/mol. The number of carbonyl (C=O) groups is 3. The molecule has 0 saturated carbocycles. The molecular weight excluding hydrogens is 420 g/mol. The number of ether oxygens (including phenoxy) is 2. The minimum atomic E-state index is -0.850. The van der Waals surface area contributed by atoms with Crippen LogP contribution >= 0.6 is 0 Å². The second-order valence-corrected chi connectivity index (χ2v) is 9.32. The molecular formula is C26H32N2O5. The van der Waals surface area contributed by atoms with Crippen LogP contribution in [0.2, 0.25) is 0 Å². The first-order valence-electron chi connectivity index (χ1n) is 11.2. The molecule has 0 aliphatic carbocycles. The molecule has 3 rings (SSSR count). The summed E-state index contributed by atoms with van der Waals surface area (Å²) in [5, 5.41) is 2.71. The molecule has 0 spiro atoms. The SMILES string of the molecule is CC(NC(=O)C1CC(c2ccccc2)CN1C(=O)OC(C)(C)C)C(=O)OCc1ccccc1. The lowest BCUT2D eigenvalue weighted by Gasteiger charge is -2.28. The Labute approximate surface area is 195 Å². The number of benzene rings is 2. The molecule has 2 amide bonds. The standard InChI is InChI=1S/C26H32N2O5/c1-18(24(30)32-17-19-11-7-5-8-12-19)27-23(29)22-15-21(20-13-9-6-10-14-20)16-28(22)25(31)33-26(2,3)4/h5-14,18,21-22H,15-17H2,1-4H3,(H,27,29). The maximum absolute atomic E-state index is 13.1. The van der Waals surface area contributed by atoms with Gasteiger partial charge in [-0.3, -0.25) is 9.69 Å². The summed E-state index contributed by atoms with van der Waals surface area (Å²) in [5.41, 5.74) is 1.23. The van der Waals surface area contributed by atoms with Crippen LogP contribution in [0, 0.1) is 0 Å². The van der Waals surface area contributed by atoms with Crippen molar-refractivity contribution in [1.29, 1.82) is 0 Å². The molecule has 1 saturated heterocycles. The van der Waals surface area contributed by atoms with Crippen LogP contribution in [0.25, 0.3) is 0 Å². The predicted octanol–water partition coefficient (Wildman–Crippen LogP) is 4.03. The van der Waals surface area contributed by atoms with Gasteiger partial charge in [0.05, 0.1) is 0 Å². The number of nitrogens with one attached hydrogen (secondary N) is 1. The van der Waals surface area contributed by atoms with E-state index < -0.39 is 35.7 Å². The fraction of sp³-hybridized carbons (Fsp3) is 0.423. The smallest absolute Gasteiger partial charge is 0.410 e. The number of hydrogen-bond acceptors (Lipinski definition) is 5. The highest BCUT2D eigenvalue weighted by atomic mass is 16.6. The summed E-state index contributed by atoms with van der Waals surface area (Å²) in [7, 11) is 0. The van der Waals surface area contributed by atoms with Crippen molar-refractivity contribution >= 4 is 18.0 Å². The fourth-order valence-electron chi connectivity index (χ4n) is 3.80. The van der Waals surface area contributed by atoms with Gasteiger partial charge >= 0.3 is 12.1 Å². The topological polar surface area (TPSA) is 84.9 Å². The Morgan fingerprint density at radius 2 is 1.64 bits per heavy atom. The van der Waals surface area contributed by atoms with Gasteiger partial charge < -0.3 is 14.8 Å². The fourth-order valence-corrected chi connectivity index (χ4v) is 3.80. The Bertz CT molecular complexity index is 956. The molecule has 1 heterocycles. The van der Waals surface area contributed by atoms with E-state index in [0.717, 1.165) is 11.1 Å². The van der Waals surface area contributed by atoms with E-state index in [1.54, 1.807) is 27.7 Å². The van der Waals surface area contributed by atoms with E-state index in [9.17, 15) is 14.4 Å². The molecule has 1 fully saturated rings. The first kappa shape index (κ1) is 24.3. The van der Waals surface area contributed by atoms with Crippen molar-refractivity contribution in [3.05, 3.63) is 71.8 Å². The average Bonchev–Trinajstić information content (AvgIpc) is 3.23. The van der Waals surface area contributed by atoms with Crippen LogP contribution in [0.15, 0.2) is 60.7 Å². The zero-order valence-electron chi connectivity index (χ0n) is 19.6. The molecule has 3 unspecified atom stereocenters. The van der Waals surface area contributed by atoms with Crippen molar-refractivity contribution in [3.63, 3.8) is 0 Å². The predicted molar refractivity (Wildman–Crippen MR) is 124 cm³/mol. The van der Waals surface area contributed by atoms with E-state index in [-0.39, 0.29) is 12.5 Å².